The van der Waals surface area contributed by atoms with E-state index in [1.54, 1.807) is 12.1 Å². The van der Waals surface area contributed by atoms with E-state index < -0.39 is 0 Å². The fraction of sp³-hybridized carbons (Fsp3) is 0.225. The first-order chi connectivity index (χ1) is 23.7. The fourth-order valence-corrected chi connectivity index (χ4v) is 6.97. The first kappa shape index (κ1) is 34.0. The van der Waals surface area contributed by atoms with Crippen molar-refractivity contribution < 1.29 is 9.59 Å². The number of guanidine groups is 1. The summed E-state index contributed by atoms with van der Waals surface area (Å²) in [5.41, 5.74) is 9.89. The largest absolute Gasteiger partial charge is 0.370 e. The third-order valence-electron chi connectivity index (χ3n) is 9.15. The van der Waals surface area contributed by atoms with Crippen molar-refractivity contribution in [1.82, 2.24) is 15.1 Å². The van der Waals surface area contributed by atoms with Crippen LogP contribution in [0.15, 0.2) is 115 Å². The van der Waals surface area contributed by atoms with Crippen LogP contribution in [0.5, 0.6) is 0 Å². The molecule has 7 nitrogen and oxygen atoms in total. The predicted octanol–water partition coefficient (Wildman–Crippen LogP) is 7.58. The first-order valence-corrected chi connectivity index (χ1v) is 17.3. The summed E-state index contributed by atoms with van der Waals surface area (Å²) in [7, 11) is 0. The molecule has 1 aliphatic rings. The molecule has 49 heavy (non-hydrogen) atoms. The second kappa shape index (κ2) is 15.6. The van der Waals surface area contributed by atoms with Gasteiger partial charge in [0.05, 0.1) is 22.5 Å². The molecule has 9 heteroatoms. The van der Waals surface area contributed by atoms with Gasteiger partial charge in [0.2, 0.25) is 5.91 Å². The van der Waals surface area contributed by atoms with Gasteiger partial charge in [-0.1, -0.05) is 114 Å². The lowest BCUT2D eigenvalue weighted by Crippen LogP contribution is -2.62. The number of nitrogens with zero attached hydrogens (tertiary/aromatic N) is 2. The minimum absolute atomic E-state index is 0.0387. The molecule has 1 fully saturated rings. The summed E-state index contributed by atoms with van der Waals surface area (Å²) in [4.78, 5) is 32.6. The Morgan fingerprint density at radius 2 is 1.47 bits per heavy atom. The van der Waals surface area contributed by atoms with Crippen LogP contribution in [-0.4, -0.2) is 59.3 Å². The van der Waals surface area contributed by atoms with Crippen molar-refractivity contribution in [2.45, 2.75) is 37.8 Å². The molecule has 0 bridgehead atoms. The lowest BCUT2D eigenvalue weighted by atomic mass is 9.94. The number of rotatable bonds is 10. The van der Waals surface area contributed by atoms with Crippen LogP contribution in [0.1, 0.15) is 34.3 Å². The number of fused-ring (bicyclic) bond motifs is 1. The van der Waals surface area contributed by atoms with Gasteiger partial charge in [-0.25, -0.2) is 0 Å². The van der Waals surface area contributed by atoms with E-state index in [1.165, 1.54) is 0 Å². The van der Waals surface area contributed by atoms with Gasteiger partial charge >= 0.3 is 0 Å². The summed E-state index contributed by atoms with van der Waals surface area (Å²) in [6, 6.07) is 37.0. The first-order valence-electron chi connectivity index (χ1n) is 16.5. The fourth-order valence-electron chi connectivity index (χ4n) is 6.67. The summed E-state index contributed by atoms with van der Waals surface area (Å²) in [6.45, 7) is 1.29. The van der Waals surface area contributed by atoms with E-state index in [4.69, 9.17) is 34.3 Å². The highest BCUT2D eigenvalue weighted by molar-refractivity contribution is 6.42. The summed E-state index contributed by atoms with van der Waals surface area (Å²) >= 11 is 12.5. The van der Waals surface area contributed by atoms with Crippen molar-refractivity contribution in [3.63, 3.8) is 0 Å². The van der Waals surface area contributed by atoms with Crippen LogP contribution in [0.25, 0.3) is 21.9 Å². The maximum Gasteiger partial charge on any atom is 0.254 e. The zero-order valence-corrected chi connectivity index (χ0v) is 28.6. The van der Waals surface area contributed by atoms with Crippen molar-refractivity contribution in [1.29, 1.82) is 5.41 Å². The zero-order chi connectivity index (χ0) is 34.3. The molecule has 1 aliphatic heterocycles. The second-order valence-electron chi connectivity index (χ2n) is 12.6. The van der Waals surface area contributed by atoms with E-state index in [1.807, 2.05) is 76.5 Å². The Bertz CT molecular complexity index is 1970. The molecule has 2 atom stereocenters. The van der Waals surface area contributed by atoms with Gasteiger partial charge in [-0.05, 0) is 76.6 Å². The van der Waals surface area contributed by atoms with E-state index in [9.17, 15) is 9.59 Å². The van der Waals surface area contributed by atoms with Gasteiger partial charge < -0.3 is 20.9 Å². The van der Waals surface area contributed by atoms with Gasteiger partial charge in [0.15, 0.2) is 5.96 Å². The maximum atomic E-state index is 14.5. The van der Waals surface area contributed by atoms with Gasteiger partial charge in [-0.15, -0.1) is 0 Å². The molecule has 0 spiro atoms. The Labute approximate surface area is 297 Å². The lowest BCUT2D eigenvalue weighted by molar-refractivity contribution is -0.136. The number of nitrogens with one attached hydrogen (secondary N) is 2. The van der Waals surface area contributed by atoms with Crippen molar-refractivity contribution in [2.24, 2.45) is 5.73 Å². The molecule has 5 aromatic rings. The van der Waals surface area contributed by atoms with Gasteiger partial charge in [-0.2, -0.15) is 0 Å². The van der Waals surface area contributed by atoms with Crippen LogP contribution in [0, 0.1) is 5.41 Å². The molecule has 0 unspecified atom stereocenters. The second-order valence-corrected chi connectivity index (χ2v) is 13.4. The maximum absolute atomic E-state index is 14.5. The lowest BCUT2D eigenvalue weighted by Gasteiger charge is -2.47. The Morgan fingerprint density at radius 3 is 2.24 bits per heavy atom. The minimum atomic E-state index is -0.234. The monoisotopic (exact) mass is 691 g/mol. The molecule has 1 saturated heterocycles. The standard InChI is InChI=1S/C40H39Cl2N5O2/c41-36-18-17-32(24-37(36)42)31-12-6-13-33(23-31)39(49)47-26-35(21-27-8-2-1-3-9-27)46(25-34(47)14-7-19-45-40(43)44)38(48)22-28-15-16-29-10-4-5-11-30(29)20-28/h1-6,8-13,15-18,20,23-24,34-35H,7,14,19,21-22,25-26H2,(H4,43,44,45)/t34-,35+/m0/s1. The average molecular weight is 693 g/mol. The summed E-state index contributed by atoms with van der Waals surface area (Å²) < 4.78 is 0. The van der Waals surface area contributed by atoms with Gasteiger partial charge in [0.25, 0.3) is 5.91 Å². The molecular formula is C40H39Cl2N5O2. The van der Waals surface area contributed by atoms with E-state index in [0.717, 1.165) is 33.0 Å². The molecule has 0 aliphatic carbocycles. The number of carbonyl (C=O) groups excluding carboxylic acids is 2. The molecule has 2 amide bonds. The Morgan fingerprint density at radius 1 is 0.735 bits per heavy atom. The molecule has 0 radical (unpaired) electrons. The number of nitrogens with two attached hydrogens (primary N) is 1. The number of halogens is 2. The molecule has 6 rings (SSSR count). The number of hydrogen-bond acceptors (Lipinski definition) is 3. The van der Waals surface area contributed by atoms with Crippen LogP contribution in [0.4, 0.5) is 0 Å². The van der Waals surface area contributed by atoms with Crippen LogP contribution in [0.3, 0.4) is 0 Å². The quantitative estimate of drug-likeness (QED) is 0.0798. The van der Waals surface area contributed by atoms with Crippen LogP contribution >= 0.6 is 23.2 Å². The zero-order valence-electron chi connectivity index (χ0n) is 27.1. The van der Waals surface area contributed by atoms with Crippen molar-refractivity contribution in [2.75, 3.05) is 19.6 Å². The van der Waals surface area contributed by atoms with E-state index >= 15 is 0 Å². The molecular weight excluding hydrogens is 653 g/mol. The number of benzene rings is 5. The summed E-state index contributed by atoms with van der Waals surface area (Å²) in [5.74, 6) is -0.145. The van der Waals surface area contributed by atoms with Crippen molar-refractivity contribution >= 4 is 51.7 Å². The van der Waals surface area contributed by atoms with E-state index in [0.29, 0.717) is 54.5 Å². The summed E-state index contributed by atoms with van der Waals surface area (Å²) in [6.07, 6.45) is 2.20. The summed E-state index contributed by atoms with van der Waals surface area (Å²) in [5, 5.41) is 13.6. The Hall–Kier alpha value is -4.85. The SMILES string of the molecule is N=C(N)NCCC[C@H]1CN(C(=O)Cc2ccc3ccccc3c2)[C@H](Cc2ccccc2)CN1C(=O)c1cccc(-c2ccc(Cl)c(Cl)c2)c1. The molecule has 4 N–H and O–H groups in total. The third-order valence-corrected chi connectivity index (χ3v) is 9.89. The molecule has 5 aromatic carbocycles. The topological polar surface area (TPSA) is 103 Å². The minimum Gasteiger partial charge on any atom is -0.370 e. The third kappa shape index (κ3) is 8.42. The van der Waals surface area contributed by atoms with Gasteiger partial charge in [0, 0.05) is 31.2 Å². The number of carbonyl (C=O) groups is 2. The Balaban J connectivity index is 1.30. The van der Waals surface area contributed by atoms with Crippen molar-refractivity contribution in [3.05, 3.63) is 142 Å². The number of amides is 2. The number of piperazine rings is 1. The predicted molar refractivity (Wildman–Crippen MR) is 199 cm³/mol. The average Bonchev–Trinajstić information content (AvgIpc) is 3.11. The van der Waals surface area contributed by atoms with Gasteiger partial charge in [-0.3, -0.25) is 15.0 Å². The van der Waals surface area contributed by atoms with Crippen molar-refractivity contribution in [3.8, 4) is 11.1 Å². The molecule has 1 heterocycles. The number of hydrogen-bond donors (Lipinski definition) is 3. The smallest absolute Gasteiger partial charge is 0.254 e. The highest BCUT2D eigenvalue weighted by atomic mass is 35.5. The molecule has 0 saturated carbocycles. The van der Waals surface area contributed by atoms with Gasteiger partial charge in [0.1, 0.15) is 0 Å². The molecule has 0 aromatic heterocycles. The van der Waals surface area contributed by atoms with Crippen LogP contribution < -0.4 is 11.1 Å². The Kier molecular flexibility index (Phi) is 10.8. The van der Waals surface area contributed by atoms with E-state index in [2.05, 4.69) is 41.7 Å². The highest BCUT2D eigenvalue weighted by Crippen LogP contribution is 2.30. The van der Waals surface area contributed by atoms with Crippen LogP contribution in [0.2, 0.25) is 10.0 Å². The normalized spacial score (nSPS) is 16.0. The molecule has 250 valence electrons. The van der Waals surface area contributed by atoms with E-state index in [-0.39, 0.29) is 36.3 Å². The highest BCUT2D eigenvalue weighted by Gasteiger charge is 2.38. The van der Waals surface area contributed by atoms with Crippen LogP contribution in [-0.2, 0) is 17.6 Å².